The van der Waals surface area contributed by atoms with Crippen molar-refractivity contribution in [3.63, 3.8) is 0 Å². The summed E-state index contributed by atoms with van der Waals surface area (Å²) in [6.45, 7) is -2.03. The number of hydrogen-bond acceptors (Lipinski definition) is 5. The molecule has 6 nitrogen and oxygen atoms in total. The van der Waals surface area contributed by atoms with Gasteiger partial charge in [-0.1, -0.05) is 18.2 Å². The van der Waals surface area contributed by atoms with Crippen LogP contribution in [0.3, 0.4) is 0 Å². The zero-order chi connectivity index (χ0) is 21.8. The average molecular weight is 429 g/mol. The van der Waals surface area contributed by atoms with Crippen LogP contribution in [0.2, 0.25) is 0 Å². The van der Waals surface area contributed by atoms with Gasteiger partial charge in [0.1, 0.15) is 5.75 Å². The van der Waals surface area contributed by atoms with Crippen LogP contribution in [-0.4, -0.2) is 53.5 Å². The van der Waals surface area contributed by atoms with Crippen molar-refractivity contribution in [1.29, 1.82) is 0 Å². The maximum atomic E-state index is 12.8. The van der Waals surface area contributed by atoms with E-state index in [9.17, 15) is 18.7 Å². The van der Waals surface area contributed by atoms with Crippen LogP contribution in [0.1, 0.15) is 36.0 Å². The molecular weight excluding hydrogens is 404 g/mol. The highest BCUT2D eigenvalue weighted by molar-refractivity contribution is 5.94. The zero-order valence-corrected chi connectivity index (χ0v) is 17.0. The monoisotopic (exact) mass is 429 g/mol. The second kappa shape index (κ2) is 9.01. The van der Waals surface area contributed by atoms with Crippen LogP contribution in [-0.2, 0) is 0 Å². The lowest BCUT2D eigenvalue weighted by molar-refractivity contribution is -0.0498. The van der Waals surface area contributed by atoms with Crippen LogP contribution >= 0.6 is 0 Å². The maximum absolute atomic E-state index is 12.8. The minimum absolute atomic E-state index is 0.0151. The summed E-state index contributed by atoms with van der Waals surface area (Å²) in [7, 11) is 0. The predicted octanol–water partition coefficient (Wildman–Crippen LogP) is 3.91. The van der Waals surface area contributed by atoms with Crippen molar-refractivity contribution < 1.29 is 23.4 Å². The van der Waals surface area contributed by atoms with Gasteiger partial charge in [0, 0.05) is 31.3 Å². The minimum Gasteiger partial charge on any atom is -0.435 e. The highest BCUT2D eigenvalue weighted by Crippen LogP contribution is 2.33. The third-order valence-electron chi connectivity index (χ3n) is 5.87. The molecule has 1 atom stereocenters. The number of carbonyl (C=O) groups excluding carboxylic acids is 1. The lowest BCUT2D eigenvalue weighted by atomic mass is 9.84. The summed E-state index contributed by atoms with van der Waals surface area (Å²) in [6.07, 6.45) is 4.17. The number of ether oxygens (including phenoxy) is 1. The Labute approximate surface area is 179 Å². The molecule has 4 rings (SSSR count). The van der Waals surface area contributed by atoms with E-state index in [1.165, 1.54) is 24.3 Å². The topological polar surface area (TPSA) is 65.4 Å². The number of rotatable bonds is 6. The Hall–Kier alpha value is -3.00. The third kappa shape index (κ3) is 5.02. The molecule has 8 heteroatoms. The highest BCUT2D eigenvalue weighted by Gasteiger charge is 2.38. The first kappa shape index (κ1) is 21.2. The van der Waals surface area contributed by atoms with Gasteiger partial charge in [0.05, 0.1) is 17.3 Å². The quantitative estimate of drug-likeness (QED) is 0.756. The van der Waals surface area contributed by atoms with Crippen molar-refractivity contribution >= 4 is 17.8 Å². The molecule has 1 N–H and O–H groups in total. The van der Waals surface area contributed by atoms with Gasteiger partial charge < -0.3 is 14.7 Å². The first-order valence-electron chi connectivity index (χ1n) is 10.4. The van der Waals surface area contributed by atoms with Crippen LogP contribution in [0.5, 0.6) is 5.75 Å². The van der Waals surface area contributed by atoms with Gasteiger partial charge in [-0.3, -0.25) is 9.80 Å². The lowest BCUT2D eigenvalue weighted by Gasteiger charge is -2.40. The van der Waals surface area contributed by atoms with Gasteiger partial charge in [0.15, 0.2) is 0 Å². The van der Waals surface area contributed by atoms with E-state index in [-0.39, 0.29) is 17.7 Å². The van der Waals surface area contributed by atoms with Crippen molar-refractivity contribution in [3.8, 4) is 5.75 Å². The normalized spacial score (nSPS) is 20.3. The van der Waals surface area contributed by atoms with E-state index in [2.05, 4.69) is 9.84 Å². The molecular formula is C23H25F2N3O3. The zero-order valence-electron chi connectivity index (χ0n) is 17.0. The average Bonchev–Trinajstić information content (AvgIpc) is 3.22. The molecule has 31 heavy (non-hydrogen) atoms. The number of para-hydroxylation sites is 1. The minimum atomic E-state index is -2.90. The Balaban J connectivity index is 1.34. The molecule has 164 valence electrons. The van der Waals surface area contributed by atoms with Crippen molar-refractivity contribution in [3.05, 3.63) is 60.2 Å². The number of halogens is 2. The lowest BCUT2D eigenvalue weighted by Crippen LogP contribution is -2.49. The Bertz CT molecular complexity index is 913. The van der Waals surface area contributed by atoms with Gasteiger partial charge in [-0.15, -0.1) is 0 Å². The molecule has 2 aliphatic heterocycles. The molecule has 2 heterocycles. The molecule has 0 bridgehead atoms. The standard InChI is InChI=1S/C23H25F2N3O3/c24-22(25)31-20-8-6-17(7-9-20)21(29)27-14-11-23(30,12-15-27)16-19-10-13-26-28(19)18-4-2-1-3-5-18/h1-9,13,19,22,30H,10-12,14-16H2. The number of hydrazone groups is 1. The number of hydrogen-bond donors (Lipinski definition) is 1. The molecule has 0 aromatic heterocycles. The summed E-state index contributed by atoms with van der Waals surface area (Å²) in [5, 5.41) is 17.6. The number of benzene rings is 2. The number of piperidine rings is 1. The van der Waals surface area contributed by atoms with E-state index in [1.54, 1.807) is 4.90 Å². The first-order valence-corrected chi connectivity index (χ1v) is 10.4. The smallest absolute Gasteiger partial charge is 0.387 e. The molecule has 1 fully saturated rings. The molecule has 0 saturated carbocycles. The van der Waals surface area contributed by atoms with E-state index < -0.39 is 12.2 Å². The summed E-state index contributed by atoms with van der Waals surface area (Å²) in [5.41, 5.74) is 0.542. The predicted molar refractivity (Wildman–Crippen MR) is 114 cm³/mol. The summed E-state index contributed by atoms with van der Waals surface area (Å²) < 4.78 is 28.9. The Morgan fingerprint density at radius 1 is 1.13 bits per heavy atom. The van der Waals surface area contributed by atoms with E-state index in [1.807, 2.05) is 41.6 Å². The second-order valence-electron chi connectivity index (χ2n) is 7.99. The number of nitrogens with zero attached hydrogens (tertiary/aromatic N) is 3. The van der Waals surface area contributed by atoms with Crippen LogP contribution in [0, 0.1) is 0 Å². The van der Waals surface area contributed by atoms with Crippen LogP contribution in [0.4, 0.5) is 14.5 Å². The Morgan fingerprint density at radius 2 is 1.81 bits per heavy atom. The summed E-state index contributed by atoms with van der Waals surface area (Å²) in [4.78, 5) is 14.4. The fourth-order valence-corrected chi connectivity index (χ4v) is 4.21. The first-order chi connectivity index (χ1) is 14.9. The van der Waals surface area contributed by atoms with Crippen molar-refractivity contribution in [1.82, 2.24) is 4.90 Å². The summed E-state index contributed by atoms with van der Waals surface area (Å²) in [6, 6.07) is 15.6. The van der Waals surface area contributed by atoms with Gasteiger partial charge in [0.2, 0.25) is 0 Å². The second-order valence-corrected chi connectivity index (χ2v) is 7.99. The third-order valence-corrected chi connectivity index (χ3v) is 5.87. The number of amides is 1. The molecule has 1 amide bonds. The fraction of sp³-hybridized carbons (Fsp3) is 0.391. The van der Waals surface area contributed by atoms with Gasteiger partial charge in [-0.25, -0.2) is 0 Å². The molecule has 2 aromatic rings. The Kier molecular flexibility index (Phi) is 6.18. The van der Waals surface area contributed by atoms with Crippen LogP contribution in [0.15, 0.2) is 59.7 Å². The van der Waals surface area contributed by atoms with Crippen molar-refractivity contribution in [2.24, 2.45) is 5.10 Å². The fourth-order valence-electron chi connectivity index (χ4n) is 4.21. The Morgan fingerprint density at radius 3 is 2.45 bits per heavy atom. The highest BCUT2D eigenvalue weighted by atomic mass is 19.3. The van der Waals surface area contributed by atoms with E-state index in [0.717, 1.165) is 12.1 Å². The van der Waals surface area contributed by atoms with Gasteiger partial charge in [-0.2, -0.15) is 13.9 Å². The number of aliphatic hydroxyl groups is 1. The molecule has 1 saturated heterocycles. The number of anilines is 1. The SMILES string of the molecule is O=C(c1ccc(OC(F)F)cc1)N1CCC(O)(CC2CC=NN2c2ccccc2)CC1. The summed E-state index contributed by atoms with van der Waals surface area (Å²) in [5.74, 6) is -0.165. The molecule has 2 aliphatic rings. The van der Waals surface area contributed by atoms with Gasteiger partial charge in [-0.05, 0) is 55.7 Å². The molecule has 1 unspecified atom stereocenters. The number of likely N-dealkylation sites (tertiary alicyclic amines) is 1. The largest absolute Gasteiger partial charge is 0.435 e. The molecule has 0 aliphatic carbocycles. The maximum Gasteiger partial charge on any atom is 0.387 e. The van der Waals surface area contributed by atoms with E-state index in [4.69, 9.17) is 0 Å². The van der Waals surface area contributed by atoms with Gasteiger partial charge >= 0.3 is 6.61 Å². The van der Waals surface area contributed by atoms with E-state index >= 15 is 0 Å². The molecule has 0 radical (unpaired) electrons. The molecule has 2 aromatic carbocycles. The van der Waals surface area contributed by atoms with Crippen LogP contribution < -0.4 is 9.75 Å². The van der Waals surface area contributed by atoms with Crippen molar-refractivity contribution in [2.75, 3.05) is 18.1 Å². The van der Waals surface area contributed by atoms with Gasteiger partial charge in [0.25, 0.3) is 5.91 Å². The number of carbonyl (C=O) groups is 1. The van der Waals surface area contributed by atoms with Crippen molar-refractivity contribution in [2.45, 2.75) is 43.9 Å². The number of alkyl halides is 2. The van der Waals surface area contributed by atoms with E-state index in [0.29, 0.717) is 37.9 Å². The van der Waals surface area contributed by atoms with Crippen LogP contribution in [0.25, 0.3) is 0 Å². The summed E-state index contributed by atoms with van der Waals surface area (Å²) >= 11 is 0. The molecule has 0 spiro atoms.